The number of nitrogens with zero attached hydrogens (tertiary/aromatic N) is 3. The van der Waals surface area contributed by atoms with Crippen LogP contribution in [-0.2, 0) is 14.8 Å². The lowest BCUT2D eigenvalue weighted by Crippen LogP contribution is -2.39. The second-order valence-corrected chi connectivity index (χ2v) is 8.33. The normalized spacial score (nSPS) is 22.8. The Kier molecular flexibility index (Phi) is 4.54. The lowest BCUT2D eigenvalue weighted by molar-refractivity contribution is 0.0256. The van der Waals surface area contributed by atoms with Crippen molar-refractivity contribution in [1.82, 2.24) is 5.01 Å². The average Bonchev–Trinajstić information content (AvgIpc) is 2.63. The van der Waals surface area contributed by atoms with Crippen molar-refractivity contribution in [3.05, 3.63) is 35.9 Å². The molecule has 26 heavy (non-hydrogen) atoms. The highest BCUT2D eigenvalue weighted by molar-refractivity contribution is 7.90. The molecule has 8 heteroatoms. The second-order valence-electron chi connectivity index (χ2n) is 6.58. The van der Waals surface area contributed by atoms with Crippen LogP contribution >= 0.6 is 0 Å². The van der Waals surface area contributed by atoms with Gasteiger partial charge in [0.15, 0.2) is 5.84 Å². The van der Waals surface area contributed by atoms with Gasteiger partial charge in [0.25, 0.3) is 10.0 Å². The van der Waals surface area contributed by atoms with Crippen LogP contribution in [0.25, 0.3) is 5.57 Å². The van der Waals surface area contributed by atoms with Crippen LogP contribution in [-0.4, -0.2) is 56.6 Å². The van der Waals surface area contributed by atoms with E-state index < -0.39 is 10.0 Å². The van der Waals surface area contributed by atoms with Crippen molar-refractivity contribution in [1.29, 1.82) is 0 Å². The highest BCUT2D eigenvalue weighted by Crippen LogP contribution is 2.28. The van der Waals surface area contributed by atoms with Gasteiger partial charge in [0, 0.05) is 18.4 Å². The van der Waals surface area contributed by atoms with Crippen molar-refractivity contribution in [2.45, 2.75) is 25.9 Å². The smallest absolute Gasteiger partial charge is 0.256 e. The Morgan fingerprint density at radius 2 is 1.92 bits per heavy atom. The number of hydrogen-bond acceptors (Lipinski definition) is 6. The van der Waals surface area contributed by atoms with Crippen molar-refractivity contribution in [3.63, 3.8) is 0 Å². The van der Waals surface area contributed by atoms with Crippen LogP contribution in [0.4, 0.5) is 0 Å². The van der Waals surface area contributed by atoms with Crippen molar-refractivity contribution in [2.75, 3.05) is 25.5 Å². The summed E-state index contributed by atoms with van der Waals surface area (Å²) in [7, 11) is -3.44. The lowest BCUT2D eigenvalue weighted by atomic mass is 10.0. The molecule has 0 saturated carbocycles. The van der Waals surface area contributed by atoms with Crippen LogP contribution < -0.4 is 4.74 Å². The molecule has 1 saturated heterocycles. The molecular formula is C18H21N3O4S. The van der Waals surface area contributed by atoms with E-state index >= 15 is 0 Å². The van der Waals surface area contributed by atoms with Gasteiger partial charge in [0.05, 0.1) is 31.2 Å². The topological polar surface area (TPSA) is 80.6 Å². The van der Waals surface area contributed by atoms with Gasteiger partial charge in [-0.15, -0.1) is 4.40 Å². The maximum Gasteiger partial charge on any atom is 0.256 e. The lowest BCUT2D eigenvalue weighted by Gasteiger charge is -2.29. The Hall–Kier alpha value is -2.19. The second kappa shape index (κ2) is 6.85. The quantitative estimate of drug-likeness (QED) is 0.808. The Morgan fingerprint density at radius 3 is 2.65 bits per heavy atom. The molecule has 0 aliphatic carbocycles. The Morgan fingerprint density at radius 1 is 1.19 bits per heavy atom. The van der Waals surface area contributed by atoms with E-state index in [2.05, 4.69) is 9.50 Å². The molecule has 0 N–H and O–H groups in total. The highest BCUT2D eigenvalue weighted by Gasteiger charge is 2.29. The van der Waals surface area contributed by atoms with E-state index in [0.29, 0.717) is 12.4 Å². The number of allylic oxidation sites excluding steroid dienone is 1. The number of amidine groups is 1. The first-order chi connectivity index (χ1) is 12.5. The molecular weight excluding hydrogens is 354 g/mol. The Balaban J connectivity index is 1.59. The minimum atomic E-state index is -3.44. The van der Waals surface area contributed by atoms with Gasteiger partial charge in [-0.1, -0.05) is 12.1 Å². The van der Waals surface area contributed by atoms with Gasteiger partial charge in [0.2, 0.25) is 0 Å². The number of ether oxygens (including phenoxy) is 2. The van der Waals surface area contributed by atoms with E-state index in [1.165, 1.54) is 0 Å². The van der Waals surface area contributed by atoms with Gasteiger partial charge < -0.3 is 9.47 Å². The molecule has 1 aromatic rings. The molecule has 4 rings (SSSR count). The van der Waals surface area contributed by atoms with Crippen molar-refractivity contribution in [2.24, 2.45) is 9.50 Å². The van der Waals surface area contributed by atoms with Gasteiger partial charge in [0.1, 0.15) is 11.9 Å². The molecule has 1 aromatic carbocycles. The van der Waals surface area contributed by atoms with Crippen molar-refractivity contribution < 1.29 is 17.9 Å². The van der Waals surface area contributed by atoms with Crippen molar-refractivity contribution in [3.8, 4) is 5.75 Å². The van der Waals surface area contributed by atoms with Gasteiger partial charge >= 0.3 is 0 Å². The summed E-state index contributed by atoms with van der Waals surface area (Å²) in [5.74, 6) is 1.18. The third kappa shape index (κ3) is 3.66. The van der Waals surface area contributed by atoms with Crippen LogP contribution in [0.5, 0.6) is 5.75 Å². The van der Waals surface area contributed by atoms with Crippen molar-refractivity contribution >= 4 is 27.1 Å². The summed E-state index contributed by atoms with van der Waals surface area (Å²) in [6.07, 6.45) is 3.84. The summed E-state index contributed by atoms with van der Waals surface area (Å²) in [5.41, 5.74) is 2.47. The number of fused-ring (bicyclic) bond motifs is 1. The largest absolute Gasteiger partial charge is 0.490 e. The minimum Gasteiger partial charge on any atom is -0.490 e. The highest BCUT2D eigenvalue weighted by atomic mass is 32.2. The summed E-state index contributed by atoms with van der Waals surface area (Å²) in [6, 6.07) is 7.69. The molecule has 3 aliphatic rings. The van der Waals surface area contributed by atoms with E-state index in [-0.39, 0.29) is 11.9 Å². The standard InChI is InChI=1S/C18H21N3O4S/c1-13-12-17(18-20-26(22,23)11-8-21(18)19-13)14-2-4-15(5-3-14)25-16-6-9-24-10-7-16/h2-5,12,16H,6-11H2,1H3. The third-order valence-corrected chi connectivity index (χ3v) is 5.69. The predicted molar refractivity (Wildman–Crippen MR) is 99.9 cm³/mol. The van der Waals surface area contributed by atoms with E-state index in [9.17, 15) is 8.42 Å². The fourth-order valence-electron chi connectivity index (χ4n) is 3.22. The van der Waals surface area contributed by atoms with Crippen LogP contribution in [0.1, 0.15) is 25.3 Å². The summed E-state index contributed by atoms with van der Waals surface area (Å²) in [5, 5.41) is 6.05. The zero-order valence-corrected chi connectivity index (χ0v) is 15.4. The molecule has 0 radical (unpaired) electrons. The number of benzene rings is 1. The predicted octanol–water partition coefficient (Wildman–Crippen LogP) is 2.06. The Labute approximate surface area is 153 Å². The zero-order valence-electron chi connectivity index (χ0n) is 14.6. The van der Waals surface area contributed by atoms with Crippen LogP contribution in [0.15, 0.2) is 39.8 Å². The SMILES string of the molecule is CC1=NN2CCS(=O)(=O)N=C2C(c2ccc(OC3CCOCC3)cc2)=C1. The Bertz CT molecular complexity index is 882. The summed E-state index contributed by atoms with van der Waals surface area (Å²) in [4.78, 5) is 0. The minimum absolute atomic E-state index is 0.0154. The molecule has 3 aliphatic heterocycles. The number of hydrogen-bond donors (Lipinski definition) is 0. The molecule has 0 unspecified atom stereocenters. The van der Waals surface area contributed by atoms with Crippen LogP contribution in [0, 0.1) is 0 Å². The molecule has 0 aromatic heterocycles. The maximum absolute atomic E-state index is 11.9. The molecule has 1 fully saturated rings. The zero-order chi connectivity index (χ0) is 18.1. The molecule has 3 heterocycles. The fraction of sp³-hybridized carbons (Fsp3) is 0.444. The maximum atomic E-state index is 11.9. The summed E-state index contributed by atoms with van der Waals surface area (Å²) in [6.45, 7) is 3.68. The average molecular weight is 375 g/mol. The van der Waals surface area contributed by atoms with Gasteiger partial charge in [-0.3, -0.25) is 0 Å². The van der Waals surface area contributed by atoms with Gasteiger partial charge in [-0.2, -0.15) is 5.10 Å². The molecule has 138 valence electrons. The van der Waals surface area contributed by atoms with E-state index in [0.717, 1.165) is 48.7 Å². The molecule has 7 nitrogen and oxygen atoms in total. The third-order valence-electron chi connectivity index (χ3n) is 4.54. The van der Waals surface area contributed by atoms with E-state index in [4.69, 9.17) is 9.47 Å². The molecule has 0 bridgehead atoms. The van der Waals surface area contributed by atoms with Crippen LogP contribution in [0.2, 0.25) is 0 Å². The first-order valence-electron chi connectivity index (χ1n) is 8.72. The monoisotopic (exact) mass is 375 g/mol. The summed E-state index contributed by atoms with van der Waals surface area (Å²) < 4.78 is 39.1. The van der Waals surface area contributed by atoms with Crippen LogP contribution in [0.3, 0.4) is 0 Å². The fourth-order valence-corrected chi connectivity index (χ4v) is 4.17. The summed E-state index contributed by atoms with van der Waals surface area (Å²) >= 11 is 0. The van der Waals surface area contributed by atoms with Gasteiger partial charge in [-0.05, 0) is 30.7 Å². The number of sulfonamides is 1. The molecule has 0 amide bonds. The first kappa shape index (κ1) is 17.2. The number of rotatable bonds is 3. The van der Waals surface area contributed by atoms with E-state index in [1.807, 2.05) is 37.3 Å². The molecule has 0 atom stereocenters. The van der Waals surface area contributed by atoms with E-state index in [1.54, 1.807) is 5.01 Å². The number of hydrazone groups is 1. The first-order valence-corrected chi connectivity index (χ1v) is 10.3. The van der Waals surface area contributed by atoms with Gasteiger partial charge in [-0.25, -0.2) is 13.4 Å². The molecule has 0 spiro atoms.